The predicted molar refractivity (Wildman–Crippen MR) is 138 cm³/mol. The van der Waals surface area contributed by atoms with Gasteiger partial charge in [-0.1, -0.05) is 31.2 Å². The van der Waals surface area contributed by atoms with Gasteiger partial charge in [-0.25, -0.2) is 9.97 Å². The van der Waals surface area contributed by atoms with Gasteiger partial charge >= 0.3 is 0 Å². The average molecular weight is 471 g/mol. The van der Waals surface area contributed by atoms with Crippen LogP contribution in [-0.4, -0.2) is 37.7 Å². The van der Waals surface area contributed by atoms with Crippen LogP contribution in [0.3, 0.4) is 0 Å². The number of aliphatic hydroxyl groups is 1. The lowest BCUT2D eigenvalue weighted by atomic mass is 9.92. The SMILES string of the molecule is CCc1ccccc1Nc1ncnc2c1ccn2-c1cccc(C(N)=O)c1NC1CCC(O)CC1. The molecule has 1 saturated carbocycles. The fourth-order valence-corrected chi connectivity index (χ4v) is 4.85. The maximum Gasteiger partial charge on any atom is 0.250 e. The maximum atomic E-state index is 12.3. The molecule has 180 valence electrons. The van der Waals surface area contributed by atoms with Crippen LogP contribution in [0.15, 0.2) is 61.1 Å². The number of benzene rings is 2. The van der Waals surface area contributed by atoms with Crippen molar-refractivity contribution in [3.63, 3.8) is 0 Å². The van der Waals surface area contributed by atoms with Gasteiger partial charge in [0.2, 0.25) is 0 Å². The molecule has 1 fully saturated rings. The van der Waals surface area contributed by atoms with Crippen LogP contribution in [0.2, 0.25) is 0 Å². The van der Waals surface area contributed by atoms with Gasteiger partial charge in [0.15, 0.2) is 0 Å². The van der Waals surface area contributed by atoms with Gasteiger partial charge in [0.1, 0.15) is 17.8 Å². The Labute approximate surface area is 204 Å². The number of para-hydroxylation sites is 2. The molecule has 0 spiro atoms. The molecule has 0 bridgehead atoms. The average Bonchev–Trinajstić information content (AvgIpc) is 3.31. The van der Waals surface area contributed by atoms with E-state index in [2.05, 4.69) is 33.6 Å². The molecule has 1 aliphatic carbocycles. The Kier molecular flexibility index (Phi) is 6.37. The first-order chi connectivity index (χ1) is 17.0. The highest BCUT2D eigenvalue weighted by Gasteiger charge is 2.23. The lowest BCUT2D eigenvalue weighted by molar-refractivity contribution is 0.100. The molecule has 5 rings (SSSR count). The van der Waals surface area contributed by atoms with Crippen molar-refractivity contribution in [2.24, 2.45) is 5.73 Å². The van der Waals surface area contributed by atoms with Gasteiger partial charge in [0.05, 0.1) is 28.4 Å². The van der Waals surface area contributed by atoms with Gasteiger partial charge in [0.25, 0.3) is 5.91 Å². The Morgan fingerprint density at radius 1 is 1.09 bits per heavy atom. The molecule has 0 unspecified atom stereocenters. The van der Waals surface area contributed by atoms with E-state index >= 15 is 0 Å². The van der Waals surface area contributed by atoms with E-state index in [0.29, 0.717) is 11.3 Å². The van der Waals surface area contributed by atoms with Crippen LogP contribution in [0.25, 0.3) is 16.7 Å². The summed E-state index contributed by atoms with van der Waals surface area (Å²) in [5.74, 6) is 0.228. The fourth-order valence-electron chi connectivity index (χ4n) is 4.85. The number of hydrogen-bond acceptors (Lipinski definition) is 6. The predicted octanol–water partition coefficient (Wildman–Crippen LogP) is 4.54. The summed E-state index contributed by atoms with van der Waals surface area (Å²) in [6, 6.07) is 15.8. The van der Waals surface area contributed by atoms with E-state index in [9.17, 15) is 9.90 Å². The normalized spacial score (nSPS) is 17.9. The zero-order valence-corrected chi connectivity index (χ0v) is 19.7. The largest absolute Gasteiger partial charge is 0.393 e. The van der Waals surface area contributed by atoms with Crippen molar-refractivity contribution in [2.45, 2.75) is 51.2 Å². The van der Waals surface area contributed by atoms with E-state index in [0.717, 1.165) is 60.3 Å². The van der Waals surface area contributed by atoms with Crippen molar-refractivity contribution in [3.8, 4) is 5.69 Å². The molecule has 0 saturated heterocycles. The maximum absolute atomic E-state index is 12.3. The van der Waals surface area contributed by atoms with Crippen LogP contribution in [0.4, 0.5) is 17.2 Å². The Morgan fingerprint density at radius 3 is 2.66 bits per heavy atom. The van der Waals surface area contributed by atoms with Gasteiger partial charge in [-0.3, -0.25) is 9.36 Å². The number of nitrogens with two attached hydrogens (primary N) is 1. The van der Waals surface area contributed by atoms with E-state index in [1.54, 1.807) is 12.4 Å². The number of amides is 1. The number of aromatic nitrogens is 3. The summed E-state index contributed by atoms with van der Waals surface area (Å²) in [5.41, 5.74) is 10.6. The molecule has 0 aliphatic heterocycles. The molecule has 2 aromatic heterocycles. The summed E-state index contributed by atoms with van der Waals surface area (Å²) < 4.78 is 1.96. The highest BCUT2D eigenvalue weighted by molar-refractivity contribution is 6.01. The van der Waals surface area contributed by atoms with Gasteiger partial charge in [0, 0.05) is 17.9 Å². The molecule has 2 aromatic carbocycles. The van der Waals surface area contributed by atoms with Crippen LogP contribution in [0.1, 0.15) is 48.5 Å². The Hall–Kier alpha value is -3.91. The monoisotopic (exact) mass is 470 g/mol. The lowest BCUT2D eigenvalue weighted by Gasteiger charge is -2.28. The van der Waals surface area contributed by atoms with E-state index in [4.69, 9.17) is 5.73 Å². The number of anilines is 3. The number of primary amides is 1. The second kappa shape index (κ2) is 9.76. The number of hydrogen-bond donors (Lipinski definition) is 4. The zero-order chi connectivity index (χ0) is 24.4. The Bertz CT molecular complexity index is 1360. The lowest BCUT2D eigenvalue weighted by Crippen LogP contribution is -2.30. The van der Waals surface area contributed by atoms with Crippen molar-refractivity contribution in [1.82, 2.24) is 14.5 Å². The minimum absolute atomic E-state index is 0.150. The van der Waals surface area contributed by atoms with Gasteiger partial charge in [-0.2, -0.15) is 0 Å². The first kappa shape index (κ1) is 22.9. The van der Waals surface area contributed by atoms with E-state index in [1.165, 1.54) is 5.56 Å². The molecule has 35 heavy (non-hydrogen) atoms. The molecule has 0 radical (unpaired) electrons. The number of nitrogens with one attached hydrogen (secondary N) is 2. The van der Waals surface area contributed by atoms with Crippen molar-refractivity contribution >= 4 is 34.1 Å². The van der Waals surface area contributed by atoms with E-state index in [1.807, 2.05) is 47.2 Å². The summed E-state index contributed by atoms with van der Waals surface area (Å²) >= 11 is 0. The Morgan fingerprint density at radius 2 is 1.89 bits per heavy atom. The molecule has 5 N–H and O–H groups in total. The molecule has 0 atom stereocenters. The second-order valence-electron chi connectivity index (χ2n) is 8.99. The molecule has 1 amide bonds. The van der Waals surface area contributed by atoms with Crippen molar-refractivity contribution in [2.75, 3.05) is 10.6 Å². The topological polar surface area (TPSA) is 118 Å². The molecule has 2 heterocycles. The van der Waals surface area contributed by atoms with Crippen molar-refractivity contribution in [1.29, 1.82) is 0 Å². The summed E-state index contributed by atoms with van der Waals surface area (Å²) in [4.78, 5) is 21.4. The van der Waals surface area contributed by atoms with Crippen LogP contribution in [-0.2, 0) is 6.42 Å². The number of aryl methyl sites for hydroxylation is 1. The molecule has 4 aromatic rings. The second-order valence-corrected chi connectivity index (χ2v) is 8.99. The van der Waals surface area contributed by atoms with Crippen molar-refractivity contribution < 1.29 is 9.90 Å². The molecular weight excluding hydrogens is 440 g/mol. The van der Waals surface area contributed by atoms with Crippen LogP contribution in [0.5, 0.6) is 0 Å². The highest BCUT2D eigenvalue weighted by atomic mass is 16.3. The number of rotatable bonds is 7. The molecule has 8 heteroatoms. The third-order valence-corrected chi connectivity index (χ3v) is 6.75. The smallest absolute Gasteiger partial charge is 0.250 e. The number of fused-ring (bicyclic) bond motifs is 1. The summed E-state index contributed by atoms with van der Waals surface area (Å²) in [6.07, 6.45) is 7.26. The molecule has 1 aliphatic rings. The molecular formula is C27H30N6O2. The molecule has 8 nitrogen and oxygen atoms in total. The highest BCUT2D eigenvalue weighted by Crippen LogP contribution is 2.33. The third-order valence-electron chi connectivity index (χ3n) is 6.75. The van der Waals surface area contributed by atoms with Crippen LogP contribution >= 0.6 is 0 Å². The number of carbonyl (C=O) groups excluding carboxylic acids is 1. The summed E-state index contributed by atoms with van der Waals surface area (Å²) in [7, 11) is 0. The zero-order valence-electron chi connectivity index (χ0n) is 19.7. The van der Waals surface area contributed by atoms with Crippen molar-refractivity contribution in [3.05, 3.63) is 72.2 Å². The first-order valence-electron chi connectivity index (χ1n) is 12.1. The standard InChI is InChI=1S/C27H30N6O2/c1-2-17-6-3-4-8-22(17)32-26-21-14-15-33(27(21)30-16-29-26)23-9-5-7-20(25(28)35)24(23)31-18-10-12-19(34)13-11-18/h3-9,14-16,18-19,31,34H,2,10-13H2,1H3,(H2,28,35)(H,29,30,32). The third kappa shape index (κ3) is 4.57. The van der Waals surface area contributed by atoms with Crippen LogP contribution < -0.4 is 16.4 Å². The Balaban J connectivity index is 1.56. The van der Waals surface area contributed by atoms with E-state index < -0.39 is 5.91 Å². The quantitative estimate of drug-likeness (QED) is 0.315. The first-order valence-corrected chi connectivity index (χ1v) is 12.1. The number of carbonyl (C=O) groups is 1. The number of nitrogens with zero attached hydrogens (tertiary/aromatic N) is 3. The number of aliphatic hydroxyl groups excluding tert-OH is 1. The fraction of sp³-hybridized carbons (Fsp3) is 0.296. The summed E-state index contributed by atoms with van der Waals surface area (Å²) in [5, 5.41) is 17.8. The van der Waals surface area contributed by atoms with Gasteiger partial charge in [-0.15, -0.1) is 0 Å². The minimum Gasteiger partial charge on any atom is -0.393 e. The van der Waals surface area contributed by atoms with Gasteiger partial charge < -0.3 is 21.5 Å². The summed E-state index contributed by atoms with van der Waals surface area (Å²) in [6.45, 7) is 2.12. The minimum atomic E-state index is -0.491. The van der Waals surface area contributed by atoms with Gasteiger partial charge in [-0.05, 0) is 61.9 Å². The van der Waals surface area contributed by atoms with E-state index in [-0.39, 0.29) is 12.1 Å². The van der Waals surface area contributed by atoms with Crippen LogP contribution in [0, 0.1) is 0 Å².